The molecule has 6 aliphatic rings. The summed E-state index contributed by atoms with van der Waals surface area (Å²) in [5.74, 6) is -1.83. The predicted molar refractivity (Wildman–Crippen MR) is 496 cm³/mol. The lowest BCUT2D eigenvalue weighted by molar-refractivity contribution is -0.137. The highest BCUT2D eigenvalue weighted by molar-refractivity contribution is 14.1. The average molecular weight is 1990 g/mol. The molecule has 6 heterocycles. The minimum atomic E-state index is -1.74. The zero-order valence-corrected chi connectivity index (χ0v) is 75.8. The zero-order chi connectivity index (χ0) is 87.0. The third kappa shape index (κ3) is 30.0. The Morgan fingerprint density at radius 2 is 0.916 bits per heavy atom. The van der Waals surface area contributed by atoms with Crippen LogP contribution in [0.25, 0.3) is 0 Å². The summed E-state index contributed by atoms with van der Waals surface area (Å²) in [5.41, 5.74) is 27.5. The summed E-state index contributed by atoms with van der Waals surface area (Å²) in [6, 6.07) is 52.2. The number of aliphatic imine (C=N–C) groups is 2. The summed E-state index contributed by atoms with van der Waals surface area (Å²) in [5, 5.41) is 27.1. The van der Waals surface area contributed by atoms with Gasteiger partial charge in [-0.1, -0.05) is 53.6 Å². The van der Waals surface area contributed by atoms with Crippen molar-refractivity contribution in [1.82, 2.24) is 5.32 Å². The molecule has 6 amide bonds. The first-order valence-corrected chi connectivity index (χ1v) is 45.7. The van der Waals surface area contributed by atoms with Gasteiger partial charge < -0.3 is 66.4 Å². The van der Waals surface area contributed by atoms with Crippen LogP contribution in [0.15, 0.2) is 214 Å². The number of carbonyl (C=O) groups is 10. The first kappa shape index (κ1) is 96.0. The molecule has 0 aliphatic carbocycles. The number of nitrogens with two attached hydrogens (primary N) is 3. The van der Waals surface area contributed by atoms with Gasteiger partial charge in [0.25, 0.3) is 23.6 Å². The Kier molecular flexibility index (Phi) is 38.4. The van der Waals surface area contributed by atoms with E-state index in [0.717, 1.165) is 105 Å². The number of nitrogens with one attached hydrogen (secondary N) is 2. The fourth-order valence-electron chi connectivity index (χ4n) is 12.2. The summed E-state index contributed by atoms with van der Waals surface area (Å²) in [6.07, 6.45) is 10.2. The van der Waals surface area contributed by atoms with Crippen molar-refractivity contribution in [2.45, 2.75) is 131 Å². The van der Waals surface area contributed by atoms with Crippen LogP contribution in [0, 0.1) is 23.0 Å². The Morgan fingerprint density at radius 3 is 1.27 bits per heavy atom. The van der Waals surface area contributed by atoms with Gasteiger partial charge in [0.15, 0.2) is 17.3 Å². The number of aliphatic hydroxyl groups excluding tert-OH is 2. The quantitative estimate of drug-likeness (QED) is 0.00953. The number of aryl methyl sites for hydroxylation is 1. The van der Waals surface area contributed by atoms with E-state index in [1.165, 1.54) is 23.0 Å². The van der Waals surface area contributed by atoms with Crippen LogP contribution in [0.4, 0.5) is 45.5 Å². The van der Waals surface area contributed by atoms with E-state index in [0.29, 0.717) is 85.8 Å². The molecular formula is C88H100ClI3N12O14Si. The van der Waals surface area contributed by atoms with Gasteiger partial charge in [0, 0.05) is 128 Å². The van der Waals surface area contributed by atoms with Crippen LogP contribution < -0.4 is 47.0 Å². The molecule has 0 spiro atoms. The molecule has 0 saturated carbocycles. The molecule has 0 unspecified atom stereocenters. The number of esters is 1. The van der Waals surface area contributed by atoms with Crippen molar-refractivity contribution in [1.29, 1.82) is 5.41 Å². The Labute approximate surface area is 740 Å². The lowest BCUT2D eigenvalue weighted by Gasteiger charge is -2.31. The van der Waals surface area contributed by atoms with Crippen molar-refractivity contribution < 1.29 is 67.3 Å². The van der Waals surface area contributed by atoms with Gasteiger partial charge in [-0.15, -0.1) is 0 Å². The van der Waals surface area contributed by atoms with Crippen molar-refractivity contribution in [3.05, 3.63) is 232 Å². The van der Waals surface area contributed by atoms with Crippen LogP contribution >= 0.6 is 79.4 Å². The Hall–Kier alpha value is -10.1. The van der Waals surface area contributed by atoms with Gasteiger partial charge in [-0.05, 0) is 303 Å². The third-order valence-corrected chi connectivity index (χ3v) is 21.6. The molecular weight excluding hydrogens is 1890 g/mol. The first-order chi connectivity index (χ1) is 56.7. The molecule has 0 atom stereocenters. The smallest absolute Gasteiger partial charge is 0.368 e. The van der Waals surface area contributed by atoms with Gasteiger partial charge in [0.1, 0.15) is 11.4 Å². The summed E-state index contributed by atoms with van der Waals surface area (Å²) in [7, 11) is -1.74. The van der Waals surface area contributed by atoms with E-state index in [2.05, 4.69) is 107 Å². The molecule has 6 aliphatic heterocycles. The summed E-state index contributed by atoms with van der Waals surface area (Å²) >= 11 is 11.6. The molecule has 31 heteroatoms. The van der Waals surface area contributed by atoms with Gasteiger partial charge in [-0.3, -0.25) is 48.6 Å². The molecule has 119 heavy (non-hydrogen) atoms. The minimum absolute atomic E-state index is 0.0186. The van der Waals surface area contributed by atoms with Crippen molar-refractivity contribution >= 4 is 209 Å². The number of benzene rings is 7. The molecule has 0 radical (unpaired) electrons. The number of hydrogen-bond acceptors (Lipinski definition) is 20. The first-order valence-electron chi connectivity index (χ1n) is 38.6. The fourth-order valence-corrected chi connectivity index (χ4v) is 14.2. The summed E-state index contributed by atoms with van der Waals surface area (Å²) < 4.78 is 13.5. The maximum absolute atomic E-state index is 13.5. The summed E-state index contributed by atoms with van der Waals surface area (Å²) in [6.45, 7) is 16.5. The number of ketones is 3. The molecule has 10 N–H and O–H groups in total. The van der Waals surface area contributed by atoms with Crippen molar-refractivity contribution in [2.75, 3.05) is 76.1 Å². The van der Waals surface area contributed by atoms with E-state index >= 15 is 0 Å². The maximum Gasteiger partial charge on any atom is 0.368 e. The second kappa shape index (κ2) is 47.6. The van der Waals surface area contributed by atoms with E-state index in [9.17, 15) is 58.2 Å². The molecule has 5 saturated heterocycles. The molecule has 5 fully saturated rings. The molecule has 13 rings (SSSR count). The third-order valence-electron chi connectivity index (χ3n) is 18.5. The lowest BCUT2D eigenvalue weighted by Crippen LogP contribution is -2.44. The predicted octanol–water partition coefficient (Wildman–Crippen LogP) is 14.5. The normalized spacial score (nSPS) is 16.9. The number of anilines is 6. The topological polar surface area (TPSA) is 384 Å². The fraction of sp³-hybridized carbons (Fsp3) is 0.307. The van der Waals surface area contributed by atoms with E-state index in [-0.39, 0.29) is 95.4 Å². The highest BCUT2D eigenvalue weighted by Gasteiger charge is 2.35. The Balaban J connectivity index is 0.000000206. The monoisotopic (exact) mass is 1990 g/mol. The molecule has 26 nitrogen and oxygen atoms in total. The second-order valence-electron chi connectivity index (χ2n) is 28.6. The van der Waals surface area contributed by atoms with Gasteiger partial charge >= 0.3 is 5.97 Å². The number of amides is 6. The minimum Gasteiger partial charge on any atom is -0.541 e. The molecule has 628 valence electrons. The largest absolute Gasteiger partial charge is 0.541 e. The highest BCUT2D eigenvalue weighted by Crippen LogP contribution is 2.32. The number of nitrogen functional groups attached to an aromatic ring is 1. The number of hydrogen-bond donors (Lipinski definition) is 7. The molecule has 7 aromatic carbocycles. The standard InChI is InChI=1S/C26H28N4O4.C21H20IN3O3.C14H18INO2Si.C11H10INO2.C7H9N.C5H9NO.C4H6ClNO2/c1-17(32)24(27)22-13-15-30(26(34)25(22)28-19-7-5-18(16-31)6-8-19)21-11-9-20(10-12-21)29-14-3-2-4-23(29)33;1-13(27)19(23)18-10-11-25(17-8-4-15(22)5-9-17)21(28)20(18)24-16-6-2-14(12-26)3-7-16;1-19(2,3)18-13-5-4-10-16(14(13)17)12-8-6-11(15)7-9-12;12-8-3-5-9(6-4-8)13-7-1-2-10(14)11(13)15;1-6-2-4-7(8)5-3-6;7-5-3-1-2-4-6-5;1-2-8-4(7)3(5)6/h5-12,31H,2-4,13-16,27H2,1H3;2-9,26H,10-12,23H2,1H3;5-9H,4,10H2,1-3H3;3-6H,1-2,7H2;2-5H,8H2,1H3;1-4H2,(H,6,7);6H,2H2,1H3. The lowest BCUT2D eigenvalue weighted by atomic mass is 9.96. The number of piperidine rings is 5. The number of Topliss-reactive ketones (excluding diaryl/α,β-unsaturated/α-hetero) is 3. The number of carbonyl (C=O) groups excluding carboxylic acids is 10. The molecule has 0 bridgehead atoms. The van der Waals surface area contributed by atoms with Crippen LogP contribution in [0.1, 0.15) is 108 Å². The molecule has 0 aromatic heterocycles. The Morgan fingerprint density at radius 1 is 0.513 bits per heavy atom. The van der Waals surface area contributed by atoms with Crippen LogP contribution in [0.5, 0.6) is 0 Å². The number of aliphatic hydroxyl groups is 2. The second-order valence-corrected chi connectivity index (χ2v) is 37.1. The van der Waals surface area contributed by atoms with Crippen LogP contribution in [-0.2, 0) is 70.3 Å². The van der Waals surface area contributed by atoms with Crippen molar-refractivity contribution in [3.63, 3.8) is 0 Å². The average Bonchev–Trinajstić information content (AvgIpc) is 0.732. The maximum atomic E-state index is 13.5. The van der Waals surface area contributed by atoms with Crippen LogP contribution in [0.2, 0.25) is 19.6 Å². The zero-order valence-electron chi connectivity index (χ0n) is 67.6. The number of nitrogens with zero attached hydrogens (tertiary/aromatic N) is 7. The van der Waals surface area contributed by atoms with Crippen LogP contribution in [0.3, 0.4) is 0 Å². The SMILES string of the molecule is CC(=O)C(N)=C1CCN(c2ccc(I)cc2)C(=O)C1=Nc1ccc(CO)cc1.CC(=O)C(N)=C1CCN(c2ccc(N3CCCCC3=O)cc2)C(=O)C1=Nc1ccc(CO)cc1.CCOC(=O)C(=N)Cl.C[Si](C)(C)OC1=CCCN(c2ccc(I)cc2)C1=O.Cc1ccc(N)cc1.O=C1CCCCN1.O=C1CCCN(c2ccc(I)cc2)C1=O. The van der Waals surface area contributed by atoms with E-state index < -0.39 is 19.5 Å². The van der Waals surface area contributed by atoms with Gasteiger partial charge in [-0.25, -0.2) is 14.8 Å². The van der Waals surface area contributed by atoms with E-state index in [1.54, 1.807) is 80.0 Å². The van der Waals surface area contributed by atoms with Crippen molar-refractivity contribution in [2.24, 2.45) is 21.5 Å². The van der Waals surface area contributed by atoms with Crippen LogP contribution in [-0.4, -0.2) is 140 Å². The number of halogens is 4. The van der Waals surface area contributed by atoms with Gasteiger partial charge in [-0.2, -0.15) is 0 Å². The number of rotatable bonds is 15. The van der Waals surface area contributed by atoms with E-state index in [1.807, 2.05) is 134 Å². The van der Waals surface area contributed by atoms with Crippen molar-refractivity contribution in [3.8, 4) is 0 Å². The van der Waals surface area contributed by atoms with Gasteiger partial charge in [0.2, 0.25) is 31.1 Å². The Bertz CT molecular complexity index is 4900. The highest BCUT2D eigenvalue weighted by atomic mass is 127. The molecule has 7 aromatic rings. The number of ether oxygens (including phenoxy) is 1. The van der Waals surface area contributed by atoms with E-state index in [4.69, 9.17) is 38.6 Å². The number of allylic oxidation sites excluding steroid dienone is 2. The van der Waals surface area contributed by atoms with Gasteiger partial charge in [0.05, 0.1) is 42.6 Å². The summed E-state index contributed by atoms with van der Waals surface area (Å²) in [4.78, 5) is 136.